The van der Waals surface area contributed by atoms with Gasteiger partial charge in [0.1, 0.15) is 11.2 Å². The summed E-state index contributed by atoms with van der Waals surface area (Å²) in [5, 5.41) is 4.92. The molecule has 2 heterocycles. The number of nitrogens with one attached hydrogen (secondary N) is 1. The Labute approximate surface area is 181 Å². The minimum Gasteiger partial charge on any atom is -0.464 e. The highest BCUT2D eigenvalue weighted by Crippen LogP contribution is 2.29. The number of hydrogen-bond acceptors (Lipinski definition) is 4. The van der Waals surface area contributed by atoms with Gasteiger partial charge in [-0.25, -0.2) is 4.79 Å². The molecule has 0 saturated carbocycles. The van der Waals surface area contributed by atoms with Crippen molar-refractivity contribution in [2.75, 3.05) is 0 Å². The van der Waals surface area contributed by atoms with E-state index >= 15 is 0 Å². The highest BCUT2D eigenvalue weighted by atomic mass is 16.4. The van der Waals surface area contributed by atoms with Gasteiger partial charge in [0.2, 0.25) is 5.91 Å². The molecule has 1 amide bonds. The molecule has 4 rings (SSSR count). The largest absolute Gasteiger partial charge is 0.464 e. The number of hydrogen-bond donors (Lipinski definition) is 1. The van der Waals surface area contributed by atoms with Gasteiger partial charge in [-0.3, -0.25) is 4.79 Å². The van der Waals surface area contributed by atoms with E-state index in [4.69, 9.17) is 8.83 Å². The lowest BCUT2D eigenvalue weighted by Gasteiger charge is -2.14. The van der Waals surface area contributed by atoms with Crippen LogP contribution in [0.1, 0.15) is 42.0 Å². The number of carbonyl (C=O) groups excluding carboxylic acids is 1. The van der Waals surface area contributed by atoms with E-state index in [0.717, 1.165) is 34.7 Å². The average molecular weight is 418 g/mol. The molecule has 0 fully saturated rings. The van der Waals surface area contributed by atoms with Gasteiger partial charge in [0, 0.05) is 34.9 Å². The van der Waals surface area contributed by atoms with Crippen molar-refractivity contribution in [3.05, 3.63) is 81.4 Å². The van der Waals surface area contributed by atoms with Gasteiger partial charge in [-0.15, -0.1) is 0 Å². The lowest BCUT2D eigenvalue weighted by atomic mass is 10.0. The molecule has 0 spiro atoms. The zero-order chi connectivity index (χ0) is 22.0. The van der Waals surface area contributed by atoms with Crippen LogP contribution in [0.5, 0.6) is 0 Å². The molecule has 2 aromatic heterocycles. The van der Waals surface area contributed by atoms with Crippen LogP contribution in [-0.2, 0) is 17.6 Å². The fourth-order valence-corrected chi connectivity index (χ4v) is 4.01. The van der Waals surface area contributed by atoms with Gasteiger partial charge in [-0.1, -0.05) is 30.3 Å². The molecule has 1 atom stereocenters. The number of fused-ring (bicyclic) bond motifs is 2. The Hall–Kier alpha value is -3.34. The zero-order valence-corrected chi connectivity index (χ0v) is 18.2. The minimum absolute atomic E-state index is 0.0550. The third kappa shape index (κ3) is 4.55. The van der Waals surface area contributed by atoms with Crippen molar-refractivity contribution in [3.63, 3.8) is 0 Å². The molecular formula is C26H27NO4. The predicted octanol–water partition coefficient (Wildman–Crippen LogP) is 5.23. The van der Waals surface area contributed by atoms with Gasteiger partial charge in [-0.05, 0) is 62.8 Å². The molecule has 5 heteroatoms. The second-order valence-electron chi connectivity index (χ2n) is 8.25. The van der Waals surface area contributed by atoms with E-state index in [1.54, 1.807) is 12.3 Å². The van der Waals surface area contributed by atoms with Crippen LogP contribution in [0, 0.1) is 13.8 Å². The van der Waals surface area contributed by atoms with Crippen molar-refractivity contribution in [1.29, 1.82) is 0 Å². The highest BCUT2D eigenvalue weighted by molar-refractivity contribution is 5.96. The summed E-state index contributed by atoms with van der Waals surface area (Å²) in [6, 6.07) is 14.1. The number of aryl methyl sites for hydroxylation is 3. The Bertz CT molecular complexity index is 1280. The highest BCUT2D eigenvalue weighted by Gasteiger charge is 2.16. The van der Waals surface area contributed by atoms with Crippen LogP contribution in [0.4, 0.5) is 0 Å². The number of amides is 1. The van der Waals surface area contributed by atoms with E-state index < -0.39 is 5.63 Å². The average Bonchev–Trinajstić information content (AvgIpc) is 3.11. The molecule has 0 bridgehead atoms. The molecule has 31 heavy (non-hydrogen) atoms. The van der Waals surface area contributed by atoms with Crippen molar-refractivity contribution in [2.24, 2.45) is 0 Å². The van der Waals surface area contributed by atoms with Crippen molar-refractivity contribution in [1.82, 2.24) is 5.32 Å². The molecular weight excluding hydrogens is 390 g/mol. The second-order valence-corrected chi connectivity index (χ2v) is 8.25. The van der Waals surface area contributed by atoms with Crippen LogP contribution in [0.25, 0.3) is 21.9 Å². The molecule has 0 saturated heterocycles. The third-order valence-electron chi connectivity index (χ3n) is 5.89. The third-order valence-corrected chi connectivity index (χ3v) is 5.89. The van der Waals surface area contributed by atoms with Crippen molar-refractivity contribution >= 4 is 27.8 Å². The Balaban J connectivity index is 1.43. The van der Waals surface area contributed by atoms with Crippen molar-refractivity contribution in [2.45, 2.75) is 52.5 Å². The molecule has 0 aliphatic rings. The van der Waals surface area contributed by atoms with Crippen LogP contribution < -0.4 is 10.9 Å². The number of rotatable bonds is 7. The normalized spacial score (nSPS) is 12.4. The molecule has 0 aliphatic heterocycles. The number of benzene rings is 2. The van der Waals surface area contributed by atoms with Crippen LogP contribution in [-0.4, -0.2) is 11.9 Å². The maximum Gasteiger partial charge on any atom is 0.339 e. The van der Waals surface area contributed by atoms with Gasteiger partial charge in [0.15, 0.2) is 0 Å². The molecule has 2 aromatic carbocycles. The molecule has 1 unspecified atom stereocenters. The molecule has 0 aliphatic carbocycles. The topological polar surface area (TPSA) is 72.5 Å². The summed E-state index contributed by atoms with van der Waals surface area (Å²) < 4.78 is 11.1. The lowest BCUT2D eigenvalue weighted by Crippen LogP contribution is -2.33. The fourth-order valence-electron chi connectivity index (χ4n) is 4.01. The van der Waals surface area contributed by atoms with Gasteiger partial charge in [-0.2, -0.15) is 0 Å². The summed E-state index contributed by atoms with van der Waals surface area (Å²) in [5.41, 5.74) is 4.52. The first kappa shape index (κ1) is 20.9. The predicted molar refractivity (Wildman–Crippen MR) is 122 cm³/mol. The van der Waals surface area contributed by atoms with Gasteiger partial charge in [0.05, 0.1) is 6.26 Å². The smallest absolute Gasteiger partial charge is 0.339 e. The summed E-state index contributed by atoms with van der Waals surface area (Å²) in [4.78, 5) is 25.0. The summed E-state index contributed by atoms with van der Waals surface area (Å²) in [5.74, 6) is -0.0550. The molecule has 5 nitrogen and oxygen atoms in total. The van der Waals surface area contributed by atoms with E-state index in [0.29, 0.717) is 23.2 Å². The first-order chi connectivity index (χ1) is 14.9. The quantitative estimate of drug-likeness (QED) is 0.418. The SMILES string of the molecule is Cc1coc2cc3oc(=O)c(CCC(=O)NC(C)CCc4ccccc4)c(C)c3cc12. The summed E-state index contributed by atoms with van der Waals surface area (Å²) >= 11 is 0. The molecule has 1 N–H and O–H groups in total. The monoisotopic (exact) mass is 417 g/mol. The number of carbonyl (C=O) groups is 1. The Kier molecular flexibility index (Phi) is 5.94. The van der Waals surface area contributed by atoms with Crippen molar-refractivity contribution < 1.29 is 13.6 Å². The van der Waals surface area contributed by atoms with Gasteiger partial charge < -0.3 is 14.2 Å². The summed E-state index contributed by atoms with van der Waals surface area (Å²) in [6.07, 6.45) is 4.08. The Morgan fingerprint density at radius 3 is 2.58 bits per heavy atom. The van der Waals surface area contributed by atoms with Gasteiger partial charge in [0.25, 0.3) is 0 Å². The molecule has 0 radical (unpaired) electrons. The molecule has 4 aromatic rings. The first-order valence-corrected chi connectivity index (χ1v) is 10.7. The Morgan fingerprint density at radius 2 is 1.81 bits per heavy atom. The zero-order valence-electron chi connectivity index (χ0n) is 18.2. The minimum atomic E-state index is -0.391. The van der Waals surface area contributed by atoms with E-state index in [9.17, 15) is 9.59 Å². The van der Waals surface area contributed by atoms with E-state index in [2.05, 4.69) is 17.4 Å². The van der Waals surface area contributed by atoms with Gasteiger partial charge >= 0.3 is 5.63 Å². The second kappa shape index (κ2) is 8.80. The van der Waals surface area contributed by atoms with Crippen LogP contribution >= 0.6 is 0 Å². The van der Waals surface area contributed by atoms with Crippen LogP contribution in [0.15, 0.2) is 62.4 Å². The Morgan fingerprint density at radius 1 is 1.03 bits per heavy atom. The van der Waals surface area contributed by atoms with E-state index in [-0.39, 0.29) is 18.4 Å². The van der Waals surface area contributed by atoms with Crippen molar-refractivity contribution in [3.8, 4) is 0 Å². The van der Waals surface area contributed by atoms with Crippen LogP contribution in [0.2, 0.25) is 0 Å². The first-order valence-electron chi connectivity index (χ1n) is 10.7. The lowest BCUT2D eigenvalue weighted by molar-refractivity contribution is -0.121. The van der Waals surface area contributed by atoms with E-state index in [1.165, 1.54) is 5.56 Å². The molecule has 160 valence electrons. The number of furan rings is 1. The fraction of sp³-hybridized carbons (Fsp3) is 0.308. The van der Waals surface area contributed by atoms with Crippen LogP contribution in [0.3, 0.4) is 0 Å². The standard InChI is InChI=1S/C26H27NO4/c1-16-15-30-23-14-24-22(13-21(16)23)18(3)20(26(29)31-24)11-12-25(28)27-17(2)9-10-19-7-5-4-6-8-19/h4-8,13-15,17H,9-12H2,1-3H3,(H,27,28). The maximum atomic E-state index is 12.6. The summed E-state index contributed by atoms with van der Waals surface area (Å²) in [7, 11) is 0. The summed E-state index contributed by atoms with van der Waals surface area (Å²) in [6.45, 7) is 5.90. The van der Waals surface area contributed by atoms with E-state index in [1.807, 2.05) is 45.0 Å². The maximum absolute atomic E-state index is 12.6.